The van der Waals surface area contributed by atoms with Crippen LogP contribution in [0.5, 0.6) is 0 Å². The van der Waals surface area contributed by atoms with Crippen molar-refractivity contribution in [2.75, 3.05) is 13.2 Å². The number of hydrogen-bond acceptors (Lipinski definition) is 3. The molecule has 3 heteroatoms. The van der Waals surface area contributed by atoms with Crippen LogP contribution in [-0.2, 0) is 11.3 Å². The number of rotatable bonds is 3. The van der Waals surface area contributed by atoms with E-state index in [4.69, 9.17) is 4.74 Å². The van der Waals surface area contributed by atoms with Gasteiger partial charge in [0.25, 0.3) is 0 Å². The first-order valence-corrected chi connectivity index (χ1v) is 5.71. The standard InChI is InChI=1S/C13H19NO2/c1-9-3-10(2)5-11(4-9)6-14-12-7-16-8-13(12)15/h3-5,12-15H,6-8H2,1-2H3. The van der Waals surface area contributed by atoms with E-state index >= 15 is 0 Å². The molecule has 0 radical (unpaired) electrons. The molecule has 2 rings (SSSR count). The number of ether oxygens (including phenoxy) is 1. The van der Waals surface area contributed by atoms with Gasteiger partial charge < -0.3 is 15.2 Å². The van der Waals surface area contributed by atoms with Crippen molar-refractivity contribution in [1.29, 1.82) is 0 Å². The second-order valence-electron chi connectivity index (χ2n) is 4.59. The molecule has 2 unspecified atom stereocenters. The minimum absolute atomic E-state index is 0.0702. The van der Waals surface area contributed by atoms with E-state index in [0.717, 1.165) is 6.54 Å². The fourth-order valence-corrected chi connectivity index (χ4v) is 2.16. The fraction of sp³-hybridized carbons (Fsp3) is 0.538. The number of aliphatic hydroxyl groups is 1. The third kappa shape index (κ3) is 2.82. The molecule has 1 fully saturated rings. The molecule has 0 aromatic heterocycles. The second kappa shape index (κ2) is 4.95. The monoisotopic (exact) mass is 221 g/mol. The molecule has 1 aliphatic heterocycles. The first-order valence-electron chi connectivity index (χ1n) is 5.71. The summed E-state index contributed by atoms with van der Waals surface area (Å²) < 4.78 is 5.19. The van der Waals surface area contributed by atoms with Crippen LogP contribution in [0.2, 0.25) is 0 Å². The summed E-state index contributed by atoms with van der Waals surface area (Å²) in [6, 6.07) is 6.57. The van der Waals surface area contributed by atoms with E-state index in [-0.39, 0.29) is 12.1 Å². The van der Waals surface area contributed by atoms with Crippen molar-refractivity contribution in [1.82, 2.24) is 5.32 Å². The highest BCUT2D eigenvalue weighted by Gasteiger charge is 2.25. The Balaban J connectivity index is 1.94. The lowest BCUT2D eigenvalue weighted by Gasteiger charge is -2.15. The Hall–Kier alpha value is -0.900. The minimum atomic E-state index is -0.370. The van der Waals surface area contributed by atoms with Crippen LogP contribution in [0.3, 0.4) is 0 Å². The highest BCUT2D eigenvalue weighted by Crippen LogP contribution is 2.10. The molecule has 0 amide bonds. The molecule has 0 spiro atoms. The summed E-state index contributed by atoms with van der Waals surface area (Å²) in [4.78, 5) is 0. The maximum atomic E-state index is 9.59. The zero-order valence-electron chi connectivity index (χ0n) is 9.86. The number of aryl methyl sites for hydroxylation is 2. The normalized spacial score (nSPS) is 24.9. The highest BCUT2D eigenvalue weighted by atomic mass is 16.5. The van der Waals surface area contributed by atoms with E-state index in [1.807, 2.05) is 0 Å². The van der Waals surface area contributed by atoms with Gasteiger partial charge in [-0.2, -0.15) is 0 Å². The molecule has 1 saturated heterocycles. The van der Waals surface area contributed by atoms with Crippen LogP contribution in [-0.4, -0.2) is 30.5 Å². The van der Waals surface area contributed by atoms with Crippen molar-refractivity contribution in [2.45, 2.75) is 32.5 Å². The quantitative estimate of drug-likeness (QED) is 0.804. The molecule has 0 aliphatic carbocycles. The van der Waals surface area contributed by atoms with E-state index in [1.54, 1.807) is 0 Å². The van der Waals surface area contributed by atoms with Gasteiger partial charge in [0.2, 0.25) is 0 Å². The molecule has 1 heterocycles. The van der Waals surface area contributed by atoms with Crippen LogP contribution < -0.4 is 5.32 Å². The van der Waals surface area contributed by atoms with Crippen LogP contribution in [0.15, 0.2) is 18.2 Å². The number of benzene rings is 1. The third-order valence-electron chi connectivity index (χ3n) is 2.90. The zero-order valence-corrected chi connectivity index (χ0v) is 9.86. The molecule has 3 nitrogen and oxygen atoms in total. The van der Waals surface area contributed by atoms with Crippen molar-refractivity contribution in [2.24, 2.45) is 0 Å². The fourth-order valence-electron chi connectivity index (χ4n) is 2.16. The van der Waals surface area contributed by atoms with Crippen LogP contribution >= 0.6 is 0 Å². The number of aliphatic hydroxyl groups excluding tert-OH is 1. The van der Waals surface area contributed by atoms with Gasteiger partial charge in [0.1, 0.15) is 0 Å². The summed E-state index contributed by atoms with van der Waals surface area (Å²) >= 11 is 0. The Morgan fingerprint density at radius 2 is 1.94 bits per heavy atom. The van der Waals surface area contributed by atoms with Gasteiger partial charge in [-0.3, -0.25) is 0 Å². The minimum Gasteiger partial charge on any atom is -0.389 e. The van der Waals surface area contributed by atoms with Gasteiger partial charge in [0, 0.05) is 6.54 Å². The van der Waals surface area contributed by atoms with E-state index in [2.05, 4.69) is 37.4 Å². The predicted molar refractivity (Wildman–Crippen MR) is 63.4 cm³/mol. The molecule has 2 N–H and O–H groups in total. The second-order valence-corrected chi connectivity index (χ2v) is 4.59. The van der Waals surface area contributed by atoms with Crippen molar-refractivity contribution < 1.29 is 9.84 Å². The average molecular weight is 221 g/mol. The van der Waals surface area contributed by atoms with Crippen LogP contribution in [0, 0.1) is 13.8 Å². The average Bonchev–Trinajstić information content (AvgIpc) is 2.59. The largest absolute Gasteiger partial charge is 0.389 e. The predicted octanol–water partition coefficient (Wildman–Crippen LogP) is 1.15. The maximum Gasteiger partial charge on any atom is 0.0948 e. The Labute approximate surface area is 96.4 Å². The van der Waals surface area contributed by atoms with Gasteiger partial charge in [-0.05, 0) is 19.4 Å². The van der Waals surface area contributed by atoms with Crippen molar-refractivity contribution in [3.05, 3.63) is 34.9 Å². The molecule has 16 heavy (non-hydrogen) atoms. The smallest absolute Gasteiger partial charge is 0.0948 e. The molecule has 1 aromatic rings. The molecule has 0 bridgehead atoms. The van der Waals surface area contributed by atoms with E-state index in [0.29, 0.717) is 13.2 Å². The Bertz CT molecular complexity index is 345. The molecular weight excluding hydrogens is 202 g/mol. The Morgan fingerprint density at radius 1 is 1.25 bits per heavy atom. The van der Waals surface area contributed by atoms with Crippen molar-refractivity contribution in [3.8, 4) is 0 Å². The number of hydrogen-bond donors (Lipinski definition) is 2. The molecule has 1 aromatic carbocycles. The lowest BCUT2D eigenvalue weighted by Crippen LogP contribution is -2.38. The van der Waals surface area contributed by atoms with Gasteiger partial charge >= 0.3 is 0 Å². The van der Waals surface area contributed by atoms with E-state index in [9.17, 15) is 5.11 Å². The van der Waals surface area contributed by atoms with Gasteiger partial charge in [-0.15, -0.1) is 0 Å². The van der Waals surface area contributed by atoms with Crippen molar-refractivity contribution in [3.63, 3.8) is 0 Å². The van der Waals surface area contributed by atoms with Gasteiger partial charge in [0.05, 0.1) is 25.4 Å². The summed E-state index contributed by atoms with van der Waals surface area (Å²) in [5, 5.41) is 12.9. The van der Waals surface area contributed by atoms with Crippen LogP contribution in [0.1, 0.15) is 16.7 Å². The maximum absolute atomic E-state index is 9.59. The topological polar surface area (TPSA) is 41.5 Å². The molecule has 1 aliphatic rings. The third-order valence-corrected chi connectivity index (χ3v) is 2.90. The summed E-state index contributed by atoms with van der Waals surface area (Å²) in [6.45, 7) is 6.04. The van der Waals surface area contributed by atoms with Gasteiger partial charge in [-0.25, -0.2) is 0 Å². The lowest BCUT2D eigenvalue weighted by atomic mass is 10.1. The molecular formula is C13H19NO2. The van der Waals surface area contributed by atoms with Crippen LogP contribution in [0.25, 0.3) is 0 Å². The highest BCUT2D eigenvalue weighted by molar-refractivity contribution is 5.28. The molecule has 88 valence electrons. The summed E-state index contributed by atoms with van der Waals surface area (Å²) in [5.41, 5.74) is 3.82. The lowest BCUT2D eigenvalue weighted by molar-refractivity contribution is 0.122. The van der Waals surface area contributed by atoms with Gasteiger partial charge in [0.15, 0.2) is 0 Å². The first kappa shape index (κ1) is 11.6. The summed E-state index contributed by atoms with van der Waals surface area (Å²) in [5.74, 6) is 0. The molecule has 0 saturated carbocycles. The Morgan fingerprint density at radius 3 is 2.50 bits per heavy atom. The van der Waals surface area contributed by atoms with Crippen molar-refractivity contribution >= 4 is 0 Å². The SMILES string of the molecule is Cc1cc(C)cc(CNC2COCC2O)c1. The van der Waals surface area contributed by atoms with Gasteiger partial charge in [-0.1, -0.05) is 29.3 Å². The number of nitrogens with one attached hydrogen (secondary N) is 1. The van der Waals surface area contributed by atoms with E-state index < -0.39 is 0 Å². The first-order chi connectivity index (χ1) is 7.65. The summed E-state index contributed by atoms with van der Waals surface area (Å²) in [6.07, 6.45) is -0.370. The zero-order chi connectivity index (χ0) is 11.5. The van der Waals surface area contributed by atoms with E-state index in [1.165, 1.54) is 16.7 Å². The van der Waals surface area contributed by atoms with Crippen LogP contribution in [0.4, 0.5) is 0 Å². The Kier molecular flexibility index (Phi) is 3.59. The molecule has 2 atom stereocenters. The summed E-state index contributed by atoms with van der Waals surface area (Å²) in [7, 11) is 0.